The van der Waals surface area contributed by atoms with Gasteiger partial charge in [-0.3, -0.25) is 4.79 Å². The van der Waals surface area contributed by atoms with E-state index in [1.807, 2.05) is 0 Å². The second-order valence-electron chi connectivity index (χ2n) is 3.22. The van der Waals surface area contributed by atoms with Crippen LogP contribution in [0.5, 0.6) is 0 Å². The molecule has 17 heavy (non-hydrogen) atoms. The Morgan fingerprint density at radius 2 is 2.00 bits per heavy atom. The largest absolute Gasteiger partial charge is 0.325 e. The quantitative estimate of drug-likeness (QED) is 0.493. The van der Waals surface area contributed by atoms with Gasteiger partial charge in [0.05, 0.1) is 16.6 Å². The summed E-state index contributed by atoms with van der Waals surface area (Å²) in [6.07, 6.45) is 1.64. The first-order valence-electron chi connectivity index (χ1n) is 4.80. The van der Waals surface area contributed by atoms with E-state index in [1.54, 1.807) is 6.08 Å². The van der Waals surface area contributed by atoms with Crippen molar-refractivity contribution in [3.63, 3.8) is 0 Å². The first-order chi connectivity index (χ1) is 8.04. The van der Waals surface area contributed by atoms with E-state index < -0.39 is 5.82 Å². The molecule has 0 aliphatic rings. The van der Waals surface area contributed by atoms with Crippen molar-refractivity contribution in [1.29, 1.82) is 0 Å². The molecule has 0 unspecified atom stereocenters. The molecule has 0 fully saturated rings. The molecule has 0 atom stereocenters. The molecule has 0 saturated carbocycles. The standard InChI is InChI=1S/C11H11Cl2FN2O/c1-2-3-15-6-10(17)16-7-4-8(12)11(14)9(13)5-7/h2,4-5,15H,1,3,6H2,(H,16,17). The first kappa shape index (κ1) is 14.0. The van der Waals surface area contributed by atoms with Gasteiger partial charge in [-0.05, 0) is 12.1 Å². The third-order valence-corrected chi connectivity index (χ3v) is 2.39. The Kier molecular flexibility index (Phi) is 5.41. The van der Waals surface area contributed by atoms with Gasteiger partial charge < -0.3 is 10.6 Å². The third-order valence-electron chi connectivity index (χ3n) is 1.84. The summed E-state index contributed by atoms with van der Waals surface area (Å²) in [6.45, 7) is 4.15. The fourth-order valence-corrected chi connectivity index (χ4v) is 1.61. The fraction of sp³-hybridized carbons (Fsp3) is 0.182. The Balaban J connectivity index is 2.62. The summed E-state index contributed by atoms with van der Waals surface area (Å²) in [5.74, 6) is -0.971. The SMILES string of the molecule is C=CCNCC(=O)Nc1cc(Cl)c(F)c(Cl)c1. The zero-order chi connectivity index (χ0) is 12.8. The highest BCUT2D eigenvalue weighted by Crippen LogP contribution is 2.27. The van der Waals surface area contributed by atoms with E-state index in [-0.39, 0.29) is 22.5 Å². The molecular formula is C11H11Cl2FN2O. The van der Waals surface area contributed by atoms with E-state index in [4.69, 9.17) is 23.2 Å². The lowest BCUT2D eigenvalue weighted by molar-refractivity contribution is -0.115. The molecule has 1 aromatic carbocycles. The van der Waals surface area contributed by atoms with Gasteiger partial charge in [0.15, 0.2) is 5.82 Å². The van der Waals surface area contributed by atoms with Crippen molar-refractivity contribution >= 4 is 34.8 Å². The van der Waals surface area contributed by atoms with E-state index >= 15 is 0 Å². The summed E-state index contributed by atoms with van der Waals surface area (Å²) in [5.41, 5.74) is 0.354. The summed E-state index contributed by atoms with van der Waals surface area (Å²) in [7, 11) is 0. The summed E-state index contributed by atoms with van der Waals surface area (Å²) in [4.78, 5) is 11.4. The maximum atomic E-state index is 13.1. The first-order valence-corrected chi connectivity index (χ1v) is 5.56. The number of nitrogens with one attached hydrogen (secondary N) is 2. The Morgan fingerprint density at radius 3 is 2.53 bits per heavy atom. The molecule has 2 N–H and O–H groups in total. The lowest BCUT2D eigenvalue weighted by Gasteiger charge is -2.07. The highest BCUT2D eigenvalue weighted by molar-refractivity contribution is 6.35. The smallest absolute Gasteiger partial charge is 0.238 e. The Morgan fingerprint density at radius 1 is 1.41 bits per heavy atom. The van der Waals surface area contributed by atoms with Crippen molar-refractivity contribution in [2.24, 2.45) is 0 Å². The molecule has 0 heterocycles. The Labute approximate surface area is 109 Å². The van der Waals surface area contributed by atoms with Gasteiger partial charge in [0.1, 0.15) is 0 Å². The van der Waals surface area contributed by atoms with Gasteiger partial charge in [0, 0.05) is 12.2 Å². The molecule has 92 valence electrons. The van der Waals surface area contributed by atoms with Crippen LogP contribution in [0.15, 0.2) is 24.8 Å². The van der Waals surface area contributed by atoms with Gasteiger partial charge in [-0.1, -0.05) is 29.3 Å². The highest BCUT2D eigenvalue weighted by atomic mass is 35.5. The predicted octanol–water partition coefficient (Wildman–Crippen LogP) is 2.85. The number of halogens is 3. The van der Waals surface area contributed by atoms with Gasteiger partial charge in [0.25, 0.3) is 0 Å². The van der Waals surface area contributed by atoms with Crippen LogP contribution in [-0.4, -0.2) is 19.0 Å². The minimum atomic E-state index is -0.698. The van der Waals surface area contributed by atoms with Crippen LogP contribution < -0.4 is 10.6 Å². The zero-order valence-corrected chi connectivity index (χ0v) is 10.4. The number of carbonyl (C=O) groups excluding carboxylic acids is 1. The number of amides is 1. The molecule has 3 nitrogen and oxygen atoms in total. The van der Waals surface area contributed by atoms with Gasteiger partial charge in [-0.15, -0.1) is 6.58 Å². The Bertz CT molecular complexity index is 414. The van der Waals surface area contributed by atoms with Crippen LogP contribution in [0.25, 0.3) is 0 Å². The molecule has 1 amide bonds. The van der Waals surface area contributed by atoms with Crippen molar-refractivity contribution in [2.45, 2.75) is 0 Å². The van der Waals surface area contributed by atoms with Crippen molar-refractivity contribution in [1.82, 2.24) is 5.32 Å². The van der Waals surface area contributed by atoms with Crippen molar-refractivity contribution in [2.75, 3.05) is 18.4 Å². The van der Waals surface area contributed by atoms with Crippen LogP contribution in [0.3, 0.4) is 0 Å². The van der Waals surface area contributed by atoms with E-state index in [0.717, 1.165) is 0 Å². The number of rotatable bonds is 5. The summed E-state index contributed by atoms with van der Waals surface area (Å²) in [5, 5.41) is 5.10. The molecule has 0 radical (unpaired) electrons. The van der Waals surface area contributed by atoms with Crippen LogP contribution >= 0.6 is 23.2 Å². The number of hydrogen-bond donors (Lipinski definition) is 2. The van der Waals surface area contributed by atoms with Gasteiger partial charge in [-0.25, -0.2) is 4.39 Å². The van der Waals surface area contributed by atoms with Gasteiger partial charge in [-0.2, -0.15) is 0 Å². The van der Waals surface area contributed by atoms with Gasteiger partial charge >= 0.3 is 0 Å². The van der Waals surface area contributed by atoms with Crippen LogP contribution in [0.2, 0.25) is 10.0 Å². The van der Waals surface area contributed by atoms with Crippen molar-refractivity contribution in [3.05, 3.63) is 40.7 Å². The van der Waals surface area contributed by atoms with E-state index in [2.05, 4.69) is 17.2 Å². The summed E-state index contributed by atoms with van der Waals surface area (Å²) < 4.78 is 13.1. The lowest BCUT2D eigenvalue weighted by Crippen LogP contribution is -2.28. The number of anilines is 1. The topological polar surface area (TPSA) is 41.1 Å². The second kappa shape index (κ2) is 6.59. The number of hydrogen-bond acceptors (Lipinski definition) is 2. The molecule has 1 aromatic rings. The van der Waals surface area contributed by atoms with Crippen molar-refractivity contribution < 1.29 is 9.18 Å². The van der Waals surface area contributed by atoms with Crippen LogP contribution in [-0.2, 0) is 4.79 Å². The minimum absolute atomic E-state index is 0.124. The van der Waals surface area contributed by atoms with Crippen molar-refractivity contribution in [3.8, 4) is 0 Å². The van der Waals surface area contributed by atoms with E-state index in [0.29, 0.717) is 12.2 Å². The minimum Gasteiger partial charge on any atom is -0.325 e. The molecule has 0 saturated heterocycles. The average molecular weight is 277 g/mol. The molecule has 0 aliphatic heterocycles. The van der Waals surface area contributed by atoms with E-state index in [1.165, 1.54) is 12.1 Å². The number of carbonyl (C=O) groups is 1. The third kappa shape index (κ3) is 4.34. The van der Waals surface area contributed by atoms with Crippen LogP contribution in [0.1, 0.15) is 0 Å². The fourth-order valence-electron chi connectivity index (χ4n) is 1.12. The summed E-state index contributed by atoms with van der Waals surface area (Å²) >= 11 is 11.2. The normalized spacial score (nSPS) is 10.1. The molecule has 6 heteroatoms. The maximum absolute atomic E-state index is 13.1. The van der Waals surface area contributed by atoms with Gasteiger partial charge in [0.2, 0.25) is 5.91 Å². The average Bonchev–Trinajstić information content (AvgIpc) is 2.26. The molecule has 1 rings (SSSR count). The second-order valence-corrected chi connectivity index (χ2v) is 4.04. The molecule has 0 bridgehead atoms. The summed E-state index contributed by atoms with van der Waals surface area (Å²) in [6, 6.07) is 2.60. The molecule has 0 spiro atoms. The maximum Gasteiger partial charge on any atom is 0.238 e. The van der Waals surface area contributed by atoms with E-state index in [9.17, 15) is 9.18 Å². The molecular weight excluding hydrogens is 266 g/mol. The molecule has 0 aliphatic carbocycles. The predicted molar refractivity (Wildman–Crippen MR) is 68.1 cm³/mol. The van der Waals surface area contributed by atoms with Crippen LogP contribution in [0, 0.1) is 5.82 Å². The lowest BCUT2D eigenvalue weighted by atomic mass is 10.3. The number of benzene rings is 1. The monoisotopic (exact) mass is 276 g/mol. The Hall–Kier alpha value is -1.10. The molecule has 0 aromatic heterocycles. The van der Waals surface area contributed by atoms with Crippen LogP contribution in [0.4, 0.5) is 10.1 Å². The zero-order valence-electron chi connectivity index (χ0n) is 8.90. The highest BCUT2D eigenvalue weighted by Gasteiger charge is 2.09.